The minimum atomic E-state index is -1.65. The van der Waals surface area contributed by atoms with Crippen molar-refractivity contribution in [2.24, 2.45) is 11.8 Å². The molecule has 2 saturated heterocycles. The van der Waals surface area contributed by atoms with Gasteiger partial charge in [0.15, 0.2) is 6.29 Å². The molecular weight excluding hydrogens is 540 g/mol. The first-order valence-corrected chi connectivity index (χ1v) is 13.6. The van der Waals surface area contributed by atoms with Crippen LogP contribution in [0.1, 0.15) is 31.2 Å². The summed E-state index contributed by atoms with van der Waals surface area (Å²) in [4.78, 5) is 25.4. The van der Waals surface area contributed by atoms with Crippen LogP contribution in [0, 0.1) is 11.8 Å². The number of phenols is 1. The Morgan fingerprint density at radius 3 is 2.41 bits per heavy atom. The molecule has 4 rings (SSSR count). The van der Waals surface area contributed by atoms with E-state index >= 15 is 0 Å². The number of aliphatic hydroxyl groups is 4. The number of esters is 1. The standard InChI is InChI=1S/C29H38O12/c1-3-20-21(12-19-11-17(32)10-18(39-19)9-6-15-4-7-16(31)8-5-15)22(27(36)37-2)14-38-28(20)41-29-26(35)25(34)24(33)23(13-30)40-29/h3-5,7-8,14,18-21,23-26,28-31,33-35H,1,6,9-13H2,2H3/t18-,19+,20-,21-,23-,24+,25+,26+,28+,29-/m0/s1. The zero-order valence-corrected chi connectivity index (χ0v) is 22.8. The lowest BCUT2D eigenvalue weighted by Gasteiger charge is -2.43. The number of Topliss-reactive ketones (excluding diaryl/α,β-unsaturated/α-hetero) is 1. The Labute approximate surface area is 237 Å². The second kappa shape index (κ2) is 13.9. The minimum absolute atomic E-state index is 0.0388. The molecule has 0 saturated carbocycles. The number of rotatable bonds is 10. The topological polar surface area (TPSA) is 181 Å². The van der Waals surface area contributed by atoms with Crippen LogP contribution in [0.5, 0.6) is 5.75 Å². The van der Waals surface area contributed by atoms with E-state index in [1.165, 1.54) is 19.4 Å². The van der Waals surface area contributed by atoms with Crippen molar-refractivity contribution in [1.82, 2.24) is 0 Å². The van der Waals surface area contributed by atoms with Crippen molar-refractivity contribution in [2.75, 3.05) is 13.7 Å². The highest BCUT2D eigenvalue weighted by Gasteiger charge is 2.48. The number of ether oxygens (including phenoxy) is 5. The highest BCUT2D eigenvalue weighted by Crippen LogP contribution is 2.39. The molecule has 2 fully saturated rings. The number of aryl methyl sites for hydroxylation is 1. The fraction of sp³-hybridized carbons (Fsp3) is 0.586. The molecule has 0 aliphatic carbocycles. The van der Waals surface area contributed by atoms with E-state index < -0.39 is 67.5 Å². The SMILES string of the molecule is C=C[C@@H]1[C@@H](O[C@@H]2O[C@@H](CO)[C@@H](O)[C@@H](O)[C@H]2O)OC=C(C(=O)OC)[C@H]1C[C@H]1CC(=O)C[C@H](CCc2ccc(O)cc2)O1. The van der Waals surface area contributed by atoms with Crippen molar-refractivity contribution >= 4 is 11.8 Å². The molecule has 5 N–H and O–H groups in total. The van der Waals surface area contributed by atoms with E-state index in [2.05, 4.69) is 6.58 Å². The van der Waals surface area contributed by atoms with Gasteiger partial charge in [-0.05, 0) is 37.0 Å². The van der Waals surface area contributed by atoms with Crippen LogP contribution < -0.4 is 0 Å². The summed E-state index contributed by atoms with van der Waals surface area (Å²) in [6, 6.07) is 6.85. The quantitative estimate of drug-likeness (QED) is 0.192. The van der Waals surface area contributed by atoms with Crippen molar-refractivity contribution in [2.45, 2.75) is 81.3 Å². The van der Waals surface area contributed by atoms with Gasteiger partial charge in [-0.3, -0.25) is 4.79 Å². The highest BCUT2D eigenvalue weighted by molar-refractivity contribution is 5.89. The molecule has 10 atom stereocenters. The second-order valence-electron chi connectivity index (χ2n) is 10.6. The lowest BCUT2D eigenvalue weighted by atomic mass is 9.78. The van der Waals surface area contributed by atoms with E-state index in [4.69, 9.17) is 23.7 Å². The summed E-state index contributed by atoms with van der Waals surface area (Å²) in [5.74, 6) is -1.74. The Morgan fingerprint density at radius 1 is 1.05 bits per heavy atom. The molecule has 3 aliphatic heterocycles. The Balaban J connectivity index is 1.48. The van der Waals surface area contributed by atoms with E-state index in [1.54, 1.807) is 12.1 Å². The number of phenolic OH excluding ortho intramolecular Hbond substituents is 1. The van der Waals surface area contributed by atoms with Crippen LogP contribution in [0.4, 0.5) is 0 Å². The van der Waals surface area contributed by atoms with Crippen LogP contribution in [0.3, 0.4) is 0 Å². The van der Waals surface area contributed by atoms with Gasteiger partial charge in [0.05, 0.1) is 37.8 Å². The molecule has 3 aliphatic rings. The number of ketones is 1. The van der Waals surface area contributed by atoms with Gasteiger partial charge in [-0.1, -0.05) is 18.2 Å². The van der Waals surface area contributed by atoms with Gasteiger partial charge in [0, 0.05) is 24.7 Å². The molecule has 0 bridgehead atoms. The number of aromatic hydroxyl groups is 1. The van der Waals surface area contributed by atoms with Crippen LogP contribution in [0.25, 0.3) is 0 Å². The first kappa shape index (κ1) is 31.1. The summed E-state index contributed by atoms with van der Waals surface area (Å²) in [7, 11) is 1.24. The number of carbonyl (C=O) groups is 2. The molecule has 41 heavy (non-hydrogen) atoms. The molecule has 1 aromatic rings. The number of hydrogen-bond acceptors (Lipinski definition) is 12. The second-order valence-corrected chi connectivity index (χ2v) is 10.6. The van der Waals surface area contributed by atoms with Crippen LogP contribution in [-0.2, 0) is 39.7 Å². The van der Waals surface area contributed by atoms with E-state index in [9.17, 15) is 35.1 Å². The smallest absolute Gasteiger partial charge is 0.337 e. The van der Waals surface area contributed by atoms with Gasteiger partial charge in [0.1, 0.15) is 35.9 Å². The largest absolute Gasteiger partial charge is 0.508 e. The molecule has 0 amide bonds. The predicted molar refractivity (Wildman–Crippen MR) is 141 cm³/mol. The summed E-state index contributed by atoms with van der Waals surface area (Å²) in [6.45, 7) is 3.24. The summed E-state index contributed by atoms with van der Waals surface area (Å²) in [5, 5.41) is 49.7. The van der Waals surface area contributed by atoms with Gasteiger partial charge in [0.2, 0.25) is 6.29 Å². The van der Waals surface area contributed by atoms with Gasteiger partial charge in [-0.2, -0.15) is 0 Å². The van der Waals surface area contributed by atoms with Crippen LogP contribution >= 0.6 is 0 Å². The Kier molecular flexibility index (Phi) is 10.5. The Morgan fingerprint density at radius 2 is 1.76 bits per heavy atom. The zero-order chi connectivity index (χ0) is 29.7. The van der Waals surface area contributed by atoms with Gasteiger partial charge in [0.25, 0.3) is 0 Å². The molecule has 3 heterocycles. The van der Waals surface area contributed by atoms with E-state index in [0.717, 1.165) is 5.56 Å². The van der Waals surface area contributed by atoms with E-state index in [0.29, 0.717) is 12.8 Å². The maximum Gasteiger partial charge on any atom is 0.337 e. The number of aliphatic hydroxyl groups excluding tert-OH is 4. The normalized spacial score (nSPS) is 35.7. The Bertz CT molecular complexity index is 1090. The fourth-order valence-corrected chi connectivity index (χ4v) is 5.57. The van der Waals surface area contributed by atoms with Crippen molar-refractivity contribution < 1.29 is 58.8 Å². The molecule has 1 aromatic carbocycles. The Hall–Kier alpha value is -2.84. The maximum absolute atomic E-state index is 12.7. The fourth-order valence-electron chi connectivity index (χ4n) is 5.57. The number of methoxy groups -OCH3 is 1. The molecule has 0 spiro atoms. The third-order valence-electron chi connectivity index (χ3n) is 7.82. The van der Waals surface area contributed by atoms with Gasteiger partial charge in [-0.25, -0.2) is 4.79 Å². The van der Waals surface area contributed by atoms with E-state index in [1.807, 2.05) is 12.1 Å². The van der Waals surface area contributed by atoms with Gasteiger partial charge < -0.3 is 49.2 Å². The maximum atomic E-state index is 12.7. The molecule has 12 nitrogen and oxygen atoms in total. The van der Waals surface area contributed by atoms with Crippen molar-refractivity contribution in [1.29, 1.82) is 0 Å². The van der Waals surface area contributed by atoms with Crippen molar-refractivity contribution in [3.05, 3.63) is 54.3 Å². The monoisotopic (exact) mass is 578 g/mol. The lowest BCUT2D eigenvalue weighted by Crippen LogP contribution is -2.60. The minimum Gasteiger partial charge on any atom is -0.508 e. The first-order chi connectivity index (χ1) is 19.6. The zero-order valence-electron chi connectivity index (χ0n) is 22.8. The molecule has 226 valence electrons. The third-order valence-corrected chi connectivity index (χ3v) is 7.82. The molecule has 0 aromatic heterocycles. The first-order valence-electron chi connectivity index (χ1n) is 13.6. The summed E-state index contributed by atoms with van der Waals surface area (Å²) < 4.78 is 28.2. The number of carbonyl (C=O) groups excluding carboxylic acids is 2. The lowest BCUT2D eigenvalue weighted by molar-refractivity contribution is -0.339. The third kappa shape index (κ3) is 7.33. The van der Waals surface area contributed by atoms with Crippen LogP contribution in [0.2, 0.25) is 0 Å². The number of benzene rings is 1. The van der Waals surface area contributed by atoms with Gasteiger partial charge >= 0.3 is 5.97 Å². The molecular formula is C29H38O12. The average molecular weight is 579 g/mol. The van der Waals surface area contributed by atoms with Gasteiger partial charge in [-0.15, -0.1) is 6.58 Å². The van der Waals surface area contributed by atoms with Crippen molar-refractivity contribution in [3.63, 3.8) is 0 Å². The highest BCUT2D eigenvalue weighted by atomic mass is 16.8. The molecule has 12 heteroatoms. The number of hydrogen-bond donors (Lipinski definition) is 5. The predicted octanol–water partition coefficient (Wildman–Crippen LogP) is 0.480. The van der Waals surface area contributed by atoms with Crippen LogP contribution in [0.15, 0.2) is 48.8 Å². The van der Waals surface area contributed by atoms with E-state index in [-0.39, 0.29) is 42.5 Å². The summed E-state index contributed by atoms with van der Waals surface area (Å²) in [5.41, 5.74) is 1.19. The summed E-state index contributed by atoms with van der Waals surface area (Å²) >= 11 is 0. The summed E-state index contributed by atoms with van der Waals surface area (Å²) in [6.07, 6.45) is -4.88. The van der Waals surface area contributed by atoms with Crippen molar-refractivity contribution in [3.8, 4) is 5.75 Å². The molecule has 0 radical (unpaired) electrons. The molecule has 0 unspecified atom stereocenters. The van der Waals surface area contributed by atoms with Crippen LogP contribution in [-0.4, -0.2) is 100 Å². The average Bonchev–Trinajstić information content (AvgIpc) is 2.96.